The lowest BCUT2D eigenvalue weighted by molar-refractivity contribution is -0.144. The van der Waals surface area contributed by atoms with Gasteiger partial charge >= 0.3 is 5.97 Å². The molecule has 5 nitrogen and oxygen atoms in total. The monoisotopic (exact) mass is 231 g/mol. The van der Waals surface area contributed by atoms with Crippen LogP contribution in [0.15, 0.2) is 24.5 Å². The lowest BCUT2D eigenvalue weighted by Gasteiger charge is -2.19. The Morgan fingerprint density at radius 3 is 2.94 bits per heavy atom. The van der Waals surface area contributed by atoms with Gasteiger partial charge in [-0.2, -0.15) is 0 Å². The molecule has 1 fully saturated rings. The molecule has 1 unspecified atom stereocenters. The van der Waals surface area contributed by atoms with Gasteiger partial charge in [0, 0.05) is 6.04 Å². The molecule has 4 N–H and O–H groups in total. The number of nitrogens with one attached hydrogen (secondary N) is 1. The van der Waals surface area contributed by atoms with E-state index in [1.807, 2.05) is 18.2 Å². The van der Waals surface area contributed by atoms with E-state index in [1.165, 1.54) is 0 Å². The van der Waals surface area contributed by atoms with Gasteiger partial charge in [0.15, 0.2) is 0 Å². The van der Waals surface area contributed by atoms with Crippen LogP contribution in [0.2, 0.25) is 0 Å². The molecule has 0 radical (unpaired) electrons. The number of fused-ring (bicyclic) bond motifs is 1. The number of nitrogens with two attached hydrogens (primary N) is 1. The van der Waals surface area contributed by atoms with E-state index in [2.05, 4.69) is 9.97 Å². The third kappa shape index (κ3) is 1.43. The summed E-state index contributed by atoms with van der Waals surface area (Å²) in [6.45, 7) is 0. The number of H-pyrrole nitrogens is 1. The average molecular weight is 231 g/mol. The summed E-state index contributed by atoms with van der Waals surface area (Å²) in [6, 6.07) is 5.15. The normalized spacial score (nSPS) is 19.1. The fourth-order valence-corrected chi connectivity index (χ4v) is 2.26. The number of aromatic amines is 1. The highest BCUT2D eigenvalue weighted by atomic mass is 16.4. The number of hydrogen-bond acceptors (Lipinski definition) is 3. The standard InChI is InChI=1S/C12H13N3O2/c13-10(12(3-4-12)11(16)17)7-1-2-8-9(5-7)15-6-14-8/h1-2,5-6,10H,3-4,13H2,(H,14,15)(H,16,17). The number of imidazole rings is 1. The van der Waals surface area contributed by atoms with Crippen LogP contribution in [0.4, 0.5) is 0 Å². The molecule has 1 atom stereocenters. The Kier molecular flexibility index (Phi) is 2.00. The average Bonchev–Trinajstić information content (AvgIpc) is 3.00. The van der Waals surface area contributed by atoms with Crippen molar-refractivity contribution in [3.63, 3.8) is 0 Å². The van der Waals surface area contributed by atoms with E-state index in [-0.39, 0.29) is 0 Å². The zero-order valence-electron chi connectivity index (χ0n) is 9.18. The first-order valence-corrected chi connectivity index (χ1v) is 5.55. The maximum Gasteiger partial charge on any atom is 0.311 e. The second kappa shape index (κ2) is 3.30. The second-order valence-electron chi connectivity index (χ2n) is 4.62. The molecule has 3 rings (SSSR count). The van der Waals surface area contributed by atoms with Crippen molar-refractivity contribution in [1.29, 1.82) is 0 Å². The Hall–Kier alpha value is -1.88. The summed E-state index contributed by atoms with van der Waals surface area (Å²) in [5.74, 6) is -0.797. The van der Waals surface area contributed by atoms with Gasteiger partial charge in [-0.15, -0.1) is 0 Å². The predicted octanol–water partition coefficient (Wildman–Crippen LogP) is 1.43. The van der Waals surface area contributed by atoms with Gasteiger partial charge in [-0.25, -0.2) is 4.98 Å². The lowest BCUT2D eigenvalue weighted by Crippen LogP contribution is -2.29. The van der Waals surface area contributed by atoms with Gasteiger partial charge in [0.1, 0.15) is 0 Å². The summed E-state index contributed by atoms with van der Waals surface area (Å²) < 4.78 is 0. The second-order valence-corrected chi connectivity index (χ2v) is 4.62. The number of carboxylic acid groups (broad SMARTS) is 1. The highest BCUT2D eigenvalue weighted by molar-refractivity contribution is 5.80. The smallest absolute Gasteiger partial charge is 0.311 e. The summed E-state index contributed by atoms with van der Waals surface area (Å²) >= 11 is 0. The first kappa shape index (κ1) is 10.3. The highest BCUT2D eigenvalue weighted by Gasteiger charge is 2.55. The van der Waals surface area contributed by atoms with Gasteiger partial charge in [0.25, 0.3) is 0 Å². The molecule has 0 bridgehead atoms. The van der Waals surface area contributed by atoms with Crippen molar-refractivity contribution in [2.45, 2.75) is 18.9 Å². The molecule has 0 spiro atoms. The van der Waals surface area contributed by atoms with Crippen LogP contribution >= 0.6 is 0 Å². The summed E-state index contributed by atoms with van der Waals surface area (Å²) in [6.07, 6.45) is 2.93. The van der Waals surface area contributed by atoms with E-state index >= 15 is 0 Å². The summed E-state index contributed by atoms with van der Waals surface area (Å²) in [4.78, 5) is 18.3. The minimum atomic E-state index is -0.797. The number of benzene rings is 1. The van der Waals surface area contributed by atoms with Crippen molar-refractivity contribution in [1.82, 2.24) is 9.97 Å². The number of rotatable bonds is 3. The molecule has 0 saturated heterocycles. The molecule has 2 aromatic rings. The lowest BCUT2D eigenvalue weighted by atomic mass is 9.91. The van der Waals surface area contributed by atoms with Gasteiger partial charge in [0.05, 0.1) is 22.8 Å². The number of hydrogen-bond donors (Lipinski definition) is 3. The van der Waals surface area contributed by atoms with E-state index < -0.39 is 17.4 Å². The van der Waals surface area contributed by atoms with Crippen molar-refractivity contribution in [3.05, 3.63) is 30.1 Å². The van der Waals surface area contributed by atoms with Crippen molar-refractivity contribution in [2.75, 3.05) is 0 Å². The Labute approximate surface area is 97.7 Å². The van der Waals surface area contributed by atoms with E-state index in [0.29, 0.717) is 12.8 Å². The minimum absolute atomic E-state index is 0.451. The van der Waals surface area contributed by atoms with Gasteiger partial charge in [-0.1, -0.05) is 6.07 Å². The van der Waals surface area contributed by atoms with Crippen LogP contribution in [0.3, 0.4) is 0 Å². The SMILES string of the molecule is NC(c1ccc2nc[nH]c2c1)C1(C(=O)O)CC1. The van der Waals surface area contributed by atoms with Crippen molar-refractivity contribution in [2.24, 2.45) is 11.1 Å². The van der Waals surface area contributed by atoms with Crippen LogP contribution in [-0.2, 0) is 4.79 Å². The molecule has 0 aliphatic heterocycles. The summed E-state index contributed by atoms with van der Waals surface area (Å²) in [5.41, 5.74) is 7.92. The summed E-state index contributed by atoms with van der Waals surface area (Å²) in [5, 5.41) is 9.21. The van der Waals surface area contributed by atoms with Gasteiger partial charge in [-0.3, -0.25) is 4.79 Å². The fourth-order valence-electron chi connectivity index (χ4n) is 2.26. The summed E-state index contributed by atoms with van der Waals surface area (Å²) in [7, 11) is 0. The van der Waals surface area contributed by atoms with Crippen LogP contribution in [-0.4, -0.2) is 21.0 Å². The highest BCUT2D eigenvalue weighted by Crippen LogP contribution is 2.54. The molecule has 0 amide bonds. The molecule has 88 valence electrons. The molecule has 5 heteroatoms. The zero-order valence-corrected chi connectivity index (χ0v) is 9.18. The first-order valence-electron chi connectivity index (χ1n) is 5.55. The van der Waals surface area contributed by atoms with Gasteiger partial charge < -0.3 is 15.8 Å². The number of aliphatic carboxylic acids is 1. The number of aromatic nitrogens is 2. The first-order chi connectivity index (χ1) is 8.13. The zero-order chi connectivity index (χ0) is 12.0. The third-order valence-corrected chi connectivity index (χ3v) is 3.61. The Morgan fingerprint density at radius 2 is 2.29 bits per heavy atom. The van der Waals surface area contributed by atoms with Crippen LogP contribution in [0, 0.1) is 5.41 Å². The molecule has 1 heterocycles. The Bertz CT molecular complexity index is 586. The van der Waals surface area contributed by atoms with Crippen molar-refractivity contribution >= 4 is 17.0 Å². The Balaban J connectivity index is 2.00. The molecule has 1 aromatic carbocycles. The molecule has 1 aromatic heterocycles. The van der Waals surface area contributed by atoms with Crippen molar-refractivity contribution < 1.29 is 9.90 Å². The minimum Gasteiger partial charge on any atom is -0.481 e. The molecule has 17 heavy (non-hydrogen) atoms. The quantitative estimate of drug-likeness (QED) is 0.745. The maximum atomic E-state index is 11.2. The number of nitrogens with zero attached hydrogens (tertiary/aromatic N) is 1. The molecular weight excluding hydrogens is 218 g/mol. The van der Waals surface area contributed by atoms with Crippen LogP contribution in [0.1, 0.15) is 24.4 Å². The Morgan fingerprint density at radius 1 is 1.53 bits per heavy atom. The van der Waals surface area contributed by atoms with Crippen molar-refractivity contribution in [3.8, 4) is 0 Å². The van der Waals surface area contributed by atoms with Crippen LogP contribution in [0.5, 0.6) is 0 Å². The van der Waals surface area contributed by atoms with Gasteiger partial charge in [-0.05, 0) is 30.5 Å². The van der Waals surface area contributed by atoms with Crippen LogP contribution in [0.25, 0.3) is 11.0 Å². The van der Waals surface area contributed by atoms with E-state index in [1.54, 1.807) is 6.33 Å². The van der Waals surface area contributed by atoms with Crippen LogP contribution < -0.4 is 5.73 Å². The molecular formula is C12H13N3O2. The fraction of sp³-hybridized carbons (Fsp3) is 0.333. The van der Waals surface area contributed by atoms with E-state index in [9.17, 15) is 9.90 Å². The predicted molar refractivity (Wildman–Crippen MR) is 62.3 cm³/mol. The molecule has 1 saturated carbocycles. The molecule has 1 aliphatic rings. The topological polar surface area (TPSA) is 92.0 Å². The third-order valence-electron chi connectivity index (χ3n) is 3.61. The maximum absolute atomic E-state index is 11.2. The number of carboxylic acids is 1. The number of carbonyl (C=O) groups is 1. The van der Waals surface area contributed by atoms with E-state index in [4.69, 9.17) is 5.73 Å². The largest absolute Gasteiger partial charge is 0.481 e. The van der Waals surface area contributed by atoms with Gasteiger partial charge in [0.2, 0.25) is 0 Å². The van der Waals surface area contributed by atoms with E-state index in [0.717, 1.165) is 16.6 Å². The molecule has 1 aliphatic carbocycles.